The largest absolute Gasteiger partial charge is 0.493 e. The Kier molecular flexibility index (Phi) is 6.27. The summed E-state index contributed by atoms with van der Waals surface area (Å²) in [6.45, 7) is 0.312. The van der Waals surface area contributed by atoms with Crippen LogP contribution in [0, 0.1) is 0 Å². The average Bonchev–Trinajstić information content (AvgIpc) is 3.36. The molecule has 1 aromatic carbocycles. The highest BCUT2D eigenvalue weighted by atomic mass is 32.1. The fourth-order valence-electron chi connectivity index (χ4n) is 2.34. The summed E-state index contributed by atoms with van der Waals surface area (Å²) in [4.78, 5) is 14.7. The van der Waals surface area contributed by atoms with Gasteiger partial charge in [-0.2, -0.15) is 0 Å². The molecule has 5 nitrogen and oxygen atoms in total. The second-order valence-electron chi connectivity index (χ2n) is 5.44. The Balaban J connectivity index is 1.49. The molecule has 0 aliphatic carbocycles. The maximum atomic E-state index is 12.0. The van der Waals surface area contributed by atoms with Crippen molar-refractivity contribution in [1.82, 2.24) is 5.32 Å². The van der Waals surface area contributed by atoms with E-state index in [1.54, 1.807) is 19.2 Å². The first-order valence-corrected chi connectivity index (χ1v) is 9.69. The van der Waals surface area contributed by atoms with Gasteiger partial charge in [0.1, 0.15) is 6.10 Å². The molecule has 1 atom stereocenters. The molecule has 0 bridgehead atoms. The minimum atomic E-state index is -0.613. The molecule has 0 saturated carbocycles. The van der Waals surface area contributed by atoms with Gasteiger partial charge in [-0.3, -0.25) is 4.79 Å². The Morgan fingerprint density at radius 3 is 2.65 bits per heavy atom. The number of hydrogen-bond donors (Lipinski definition) is 2. The maximum Gasteiger partial charge on any atom is 0.258 e. The SMILES string of the molecule is COc1ccccc1OCC(=O)NCc1ccc(C(O)c2cccs2)s1. The molecule has 0 spiro atoms. The second kappa shape index (κ2) is 8.84. The minimum Gasteiger partial charge on any atom is -0.493 e. The van der Waals surface area contributed by atoms with Crippen molar-refractivity contribution in [2.45, 2.75) is 12.6 Å². The van der Waals surface area contributed by atoms with Crippen molar-refractivity contribution in [2.75, 3.05) is 13.7 Å². The van der Waals surface area contributed by atoms with Crippen molar-refractivity contribution in [2.24, 2.45) is 0 Å². The standard InChI is InChI=1S/C19H19NO4S2/c1-23-14-5-2-3-6-15(14)24-12-18(21)20-11-13-8-9-17(26-13)19(22)16-7-4-10-25-16/h2-10,19,22H,11-12H2,1H3,(H,20,21). The van der Waals surface area contributed by atoms with Gasteiger partial charge in [0.15, 0.2) is 18.1 Å². The van der Waals surface area contributed by atoms with E-state index in [-0.39, 0.29) is 12.5 Å². The molecule has 1 unspecified atom stereocenters. The van der Waals surface area contributed by atoms with E-state index in [9.17, 15) is 9.90 Å². The van der Waals surface area contributed by atoms with Gasteiger partial charge >= 0.3 is 0 Å². The van der Waals surface area contributed by atoms with Crippen molar-refractivity contribution in [3.05, 3.63) is 68.5 Å². The molecule has 2 aromatic heterocycles. The van der Waals surface area contributed by atoms with Crippen molar-refractivity contribution >= 4 is 28.6 Å². The van der Waals surface area contributed by atoms with Crippen LogP contribution in [0.2, 0.25) is 0 Å². The van der Waals surface area contributed by atoms with Gasteiger partial charge in [-0.05, 0) is 35.7 Å². The van der Waals surface area contributed by atoms with Crippen LogP contribution < -0.4 is 14.8 Å². The third kappa shape index (κ3) is 4.63. The quantitative estimate of drug-likeness (QED) is 0.618. The number of rotatable bonds is 8. The van der Waals surface area contributed by atoms with Crippen LogP contribution in [0.5, 0.6) is 11.5 Å². The average molecular weight is 389 g/mol. The third-order valence-corrected chi connectivity index (χ3v) is 5.71. The molecule has 0 aliphatic rings. The molecule has 0 saturated heterocycles. The Hall–Kier alpha value is -2.35. The van der Waals surface area contributed by atoms with E-state index < -0.39 is 6.10 Å². The molecule has 1 amide bonds. The fourth-order valence-corrected chi connectivity index (χ4v) is 4.10. The molecule has 0 radical (unpaired) electrons. The third-order valence-electron chi connectivity index (χ3n) is 3.65. The molecule has 3 aromatic rings. The van der Waals surface area contributed by atoms with E-state index in [2.05, 4.69) is 5.32 Å². The van der Waals surface area contributed by atoms with Gasteiger partial charge in [0.2, 0.25) is 0 Å². The van der Waals surface area contributed by atoms with Crippen LogP contribution >= 0.6 is 22.7 Å². The summed E-state index contributed by atoms with van der Waals surface area (Å²) in [7, 11) is 1.56. The summed E-state index contributed by atoms with van der Waals surface area (Å²) in [5, 5.41) is 15.1. The van der Waals surface area contributed by atoms with Gasteiger partial charge in [0.05, 0.1) is 13.7 Å². The van der Waals surface area contributed by atoms with Gasteiger partial charge < -0.3 is 19.9 Å². The number of nitrogens with one attached hydrogen (secondary N) is 1. The second-order valence-corrected chi connectivity index (χ2v) is 7.62. The summed E-state index contributed by atoms with van der Waals surface area (Å²) in [5.74, 6) is 0.901. The topological polar surface area (TPSA) is 67.8 Å². The van der Waals surface area contributed by atoms with Crippen molar-refractivity contribution in [1.29, 1.82) is 0 Å². The number of aliphatic hydroxyl groups is 1. The molecule has 2 heterocycles. The monoisotopic (exact) mass is 389 g/mol. The van der Waals surface area contributed by atoms with Gasteiger partial charge in [0.25, 0.3) is 5.91 Å². The fraction of sp³-hybridized carbons (Fsp3) is 0.211. The van der Waals surface area contributed by atoms with Gasteiger partial charge in [-0.25, -0.2) is 0 Å². The number of hydrogen-bond acceptors (Lipinski definition) is 6. The van der Waals surface area contributed by atoms with Crippen molar-refractivity contribution in [3.63, 3.8) is 0 Å². The predicted octanol–water partition coefficient (Wildman–Crippen LogP) is 3.60. The van der Waals surface area contributed by atoms with E-state index in [0.717, 1.165) is 14.6 Å². The molecule has 0 aliphatic heterocycles. The molecular formula is C19H19NO4S2. The molecule has 0 fully saturated rings. The Morgan fingerprint density at radius 1 is 1.12 bits per heavy atom. The van der Waals surface area contributed by atoms with Crippen LogP contribution in [0.15, 0.2) is 53.9 Å². The van der Waals surface area contributed by atoms with Crippen molar-refractivity contribution in [3.8, 4) is 11.5 Å². The number of methoxy groups -OCH3 is 1. The number of carbonyl (C=O) groups excluding carboxylic acids is 1. The first-order valence-electron chi connectivity index (χ1n) is 8.00. The van der Waals surface area contributed by atoms with Crippen molar-refractivity contribution < 1.29 is 19.4 Å². The summed E-state index contributed by atoms with van der Waals surface area (Å²) in [5.41, 5.74) is 0. The van der Waals surface area contributed by atoms with E-state index in [1.807, 2.05) is 41.8 Å². The lowest BCUT2D eigenvalue weighted by Gasteiger charge is -2.10. The van der Waals surface area contributed by atoms with Gasteiger partial charge in [-0.1, -0.05) is 18.2 Å². The van der Waals surface area contributed by atoms with Crippen LogP contribution in [-0.4, -0.2) is 24.7 Å². The highest BCUT2D eigenvalue weighted by molar-refractivity contribution is 7.12. The molecule has 3 rings (SSSR count). The number of ether oxygens (including phenoxy) is 2. The molecule has 2 N–H and O–H groups in total. The summed E-state index contributed by atoms with van der Waals surface area (Å²) < 4.78 is 10.7. The van der Waals surface area contributed by atoms with E-state index in [4.69, 9.17) is 9.47 Å². The number of benzene rings is 1. The Morgan fingerprint density at radius 2 is 1.92 bits per heavy atom. The Bertz CT molecular complexity index is 845. The molecular weight excluding hydrogens is 370 g/mol. The van der Waals surface area contributed by atoms with Crippen LogP contribution in [0.4, 0.5) is 0 Å². The first-order chi connectivity index (χ1) is 12.7. The first kappa shape index (κ1) is 18.4. The number of para-hydroxylation sites is 2. The van der Waals surface area contributed by atoms with Crippen LogP contribution in [0.1, 0.15) is 20.7 Å². The summed E-state index contributed by atoms with van der Waals surface area (Å²) in [6, 6.07) is 14.8. The van der Waals surface area contributed by atoms with Gasteiger partial charge in [0, 0.05) is 14.6 Å². The molecule has 136 valence electrons. The maximum absolute atomic E-state index is 12.0. The summed E-state index contributed by atoms with van der Waals surface area (Å²) >= 11 is 3.00. The van der Waals surface area contributed by atoms with E-state index in [0.29, 0.717) is 18.0 Å². The highest BCUT2D eigenvalue weighted by Gasteiger charge is 2.14. The van der Waals surface area contributed by atoms with E-state index in [1.165, 1.54) is 22.7 Å². The number of aliphatic hydroxyl groups excluding tert-OH is 1. The Labute approximate surface area is 159 Å². The zero-order valence-corrected chi connectivity index (χ0v) is 15.8. The minimum absolute atomic E-state index is 0.0869. The van der Waals surface area contributed by atoms with Gasteiger partial charge in [-0.15, -0.1) is 22.7 Å². The van der Waals surface area contributed by atoms with Crippen LogP contribution in [-0.2, 0) is 11.3 Å². The summed E-state index contributed by atoms with van der Waals surface area (Å²) in [6.07, 6.45) is -0.613. The van der Waals surface area contributed by atoms with Crippen LogP contribution in [0.3, 0.4) is 0 Å². The zero-order valence-electron chi connectivity index (χ0n) is 14.2. The normalized spacial score (nSPS) is 11.8. The lowest BCUT2D eigenvalue weighted by molar-refractivity contribution is -0.123. The number of amides is 1. The molecule has 7 heteroatoms. The number of carbonyl (C=O) groups is 1. The zero-order chi connectivity index (χ0) is 18.4. The van der Waals surface area contributed by atoms with Crippen LogP contribution in [0.25, 0.3) is 0 Å². The number of thiophene rings is 2. The lowest BCUT2D eigenvalue weighted by Crippen LogP contribution is -2.28. The molecule has 26 heavy (non-hydrogen) atoms. The predicted molar refractivity (Wildman–Crippen MR) is 103 cm³/mol. The lowest BCUT2D eigenvalue weighted by atomic mass is 10.2. The smallest absolute Gasteiger partial charge is 0.258 e. The van der Waals surface area contributed by atoms with E-state index >= 15 is 0 Å². The highest BCUT2D eigenvalue weighted by Crippen LogP contribution is 2.31.